The fourth-order valence-electron chi connectivity index (χ4n) is 4.19. The second-order valence-corrected chi connectivity index (χ2v) is 12.6. The van der Waals surface area contributed by atoms with Crippen LogP contribution in [-0.4, -0.2) is 28.1 Å². The highest BCUT2D eigenvalue weighted by atomic mass is 79.9. The van der Waals surface area contributed by atoms with Crippen LogP contribution >= 0.6 is 27.7 Å². The van der Waals surface area contributed by atoms with E-state index in [1.807, 2.05) is 60.7 Å². The van der Waals surface area contributed by atoms with E-state index in [1.54, 1.807) is 28.8 Å². The zero-order valence-corrected chi connectivity index (χ0v) is 24.7. The molecular weight excluding hydrogens is 626 g/mol. The molecule has 5 aromatic rings. The van der Waals surface area contributed by atoms with Gasteiger partial charge in [0.25, 0.3) is 5.69 Å². The molecule has 0 saturated carbocycles. The monoisotopic (exact) mass is 649 g/mol. The number of benzene rings is 4. The normalized spacial score (nSPS) is 12.2. The van der Waals surface area contributed by atoms with Crippen molar-refractivity contribution in [2.24, 2.45) is 0 Å². The smallest absolute Gasteiger partial charge is 0.269 e. The van der Waals surface area contributed by atoms with E-state index < -0.39 is 21.0 Å². The van der Waals surface area contributed by atoms with Gasteiger partial charge in [-0.15, -0.1) is 10.2 Å². The molecule has 0 bridgehead atoms. The van der Waals surface area contributed by atoms with Gasteiger partial charge < -0.3 is 0 Å². The number of nitro groups is 1. The molecule has 1 atom stereocenters. The zero-order chi connectivity index (χ0) is 28.8. The van der Waals surface area contributed by atoms with Gasteiger partial charge in [0.05, 0.1) is 15.9 Å². The van der Waals surface area contributed by atoms with Crippen molar-refractivity contribution in [3.8, 4) is 5.69 Å². The Morgan fingerprint density at radius 1 is 0.854 bits per heavy atom. The van der Waals surface area contributed by atoms with E-state index in [1.165, 1.54) is 36.0 Å². The Morgan fingerprint density at radius 3 is 2.07 bits per heavy atom. The fourth-order valence-corrected chi connectivity index (χ4v) is 6.57. The van der Waals surface area contributed by atoms with E-state index in [9.17, 15) is 18.5 Å². The van der Waals surface area contributed by atoms with E-state index in [4.69, 9.17) is 0 Å². The number of hydrogen-bond donors (Lipinski definition) is 1. The van der Waals surface area contributed by atoms with Crippen molar-refractivity contribution in [1.29, 1.82) is 0 Å². The van der Waals surface area contributed by atoms with Crippen molar-refractivity contribution in [3.63, 3.8) is 0 Å². The Hall–Kier alpha value is -3.84. The predicted molar refractivity (Wildman–Crippen MR) is 161 cm³/mol. The van der Waals surface area contributed by atoms with Crippen LogP contribution < -0.4 is 4.72 Å². The van der Waals surface area contributed by atoms with Crippen LogP contribution in [0.5, 0.6) is 0 Å². The molecule has 0 aliphatic rings. The molecule has 4 aromatic carbocycles. The SMILES string of the molecule is O=[N+]([O-])c1ccc(-n2c(SCc3ccccc3)nnc2C(Cc2ccccc2)NS(=O)(=O)c2ccc(Br)cc2)cc1. The van der Waals surface area contributed by atoms with E-state index in [0.29, 0.717) is 28.8 Å². The van der Waals surface area contributed by atoms with Crippen molar-refractivity contribution >= 4 is 43.4 Å². The van der Waals surface area contributed by atoms with Crippen molar-refractivity contribution in [2.75, 3.05) is 0 Å². The third-order valence-electron chi connectivity index (χ3n) is 6.20. The first-order valence-corrected chi connectivity index (χ1v) is 15.7. The molecule has 41 heavy (non-hydrogen) atoms. The molecule has 0 aliphatic heterocycles. The van der Waals surface area contributed by atoms with Gasteiger partial charge in [0.1, 0.15) is 0 Å². The van der Waals surface area contributed by atoms with Gasteiger partial charge in [-0.3, -0.25) is 14.7 Å². The molecule has 0 radical (unpaired) electrons. The molecule has 0 fully saturated rings. The molecule has 5 rings (SSSR count). The molecular formula is C29H24BrN5O4S2. The minimum absolute atomic E-state index is 0.0568. The molecule has 1 heterocycles. The van der Waals surface area contributed by atoms with Gasteiger partial charge in [0.2, 0.25) is 10.0 Å². The van der Waals surface area contributed by atoms with Gasteiger partial charge in [0, 0.05) is 28.0 Å². The summed E-state index contributed by atoms with van der Waals surface area (Å²) in [4.78, 5) is 11.0. The maximum absolute atomic E-state index is 13.5. The van der Waals surface area contributed by atoms with Crippen LogP contribution in [0.2, 0.25) is 0 Å². The maximum Gasteiger partial charge on any atom is 0.269 e. The quantitative estimate of drug-likeness (QED) is 0.0986. The number of nitrogens with one attached hydrogen (secondary N) is 1. The minimum Gasteiger partial charge on any atom is -0.273 e. The number of sulfonamides is 1. The summed E-state index contributed by atoms with van der Waals surface area (Å²) in [5.74, 6) is 0.957. The molecule has 0 aliphatic carbocycles. The number of nitrogens with zero attached hydrogens (tertiary/aromatic N) is 4. The highest BCUT2D eigenvalue weighted by Crippen LogP contribution is 2.30. The highest BCUT2D eigenvalue weighted by molar-refractivity contribution is 9.10. The van der Waals surface area contributed by atoms with Crippen LogP contribution in [0, 0.1) is 10.1 Å². The summed E-state index contributed by atoms with van der Waals surface area (Å²) in [5, 5.41) is 20.8. The summed E-state index contributed by atoms with van der Waals surface area (Å²) >= 11 is 4.79. The van der Waals surface area contributed by atoms with Crippen LogP contribution in [0.15, 0.2) is 124 Å². The second kappa shape index (κ2) is 12.8. The number of nitro benzene ring substituents is 1. The molecule has 1 aromatic heterocycles. The average Bonchev–Trinajstić information content (AvgIpc) is 3.41. The lowest BCUT2D eigenvalue weighted by molar-refractivity contribution is -0.384. The first kappa shape index (κ1) is 28.7. The lowest BCUT2D eigenvalue weighted by Gasteiger charge is -2.20. The second-order valence-electron chi connectivity index (χ2n) is 9.04. The summed E-state index contributed by atoms with van der Waals surface area (Å²) in [6, 6.07) is 31.0. The number of rotatable bonds is 11. The molecule has 208 valence electrons. The van der Waals surface area contributed by atoms with Gasteiger partial charge in [-0.05, 0) is 53.9 Å². The Labute approximate surface area is 250 Å². The summed E-state index contributed by atoms with van der Waals surface area (Å²) in [6.07, 6.45) is 0.297. The van der Waals surface area contributed by atoms with Gasteiger partial charge in [-0.2, -0.15) is 0 Å². The summed E-state index contributed by atoms with van der Waals surface area (Å²) < 4.78 is 32.4. The van der Waals surface area contributed by atoms with Crippen LogP contribution in [0.4, 0.5) is 5.69 Å². The van der Waals surface area contributed by atoms with Gasteiger partial charge in [0.15, 0.2) is 11.0 Å². The van der Waals surface area contributed by atoms with Gasteiger partial charge in [-0.1, -0.05) is 88.4 Å². The topological polar surface area (TPSA) is 120 Å². The van der Waals surface area contributed by atoms with Gasteiger partial charge >= 0.3 is 0 Å². The largest absolute Gasteiger partial charge is 0.273 e. The number of aromatic nitrogens is 3. The first-order chi connectivity index (χ1) is 19.8. The first-order valence-electron chi connectivity index (χ1n) is 12.5. The van der Waals surface area contributed by atoms with Gasteiger partial charge in [-0.25, -0.2) is 13.1 Å². The Morgan fingerprint density at radius 2 is 1.46 bits per heavy atom. The molecule has 1 N–H and O–H groups in total. The lowest BCUT2D eigenvalue weighted by atomic mass is 10.1. The van der Waals surface area contributed by atoms with E-state index >= 15 is 0 Å². The van der Waals surface area contributed by atoms with Crippen molar-refractivity contribution < 1.29 is 13.3 Å². The fraction of sp³-hybridized carbons (Fsp3) is 0.103. The summed E-state index contributed by atoms with van der Waals surface area (Å²) in [7, 11) is -3.96. The van der Waals surface area contributed by atoms with E-state index in [-0.39, 0.29) is 10.6 Å². The predicted octanol–water partition coefficient (Wildman–Crippen LogP) is 6.49. The Bertz CT molecular complexity index is 1730. The number of thioether (sulfide) groups is 1. The molecule has 9 nitrogen and oxygen atoms in total. The zero-order valence-electron chi connectivity index (χ0n) is 21.5. The third kappa shape index (κ3) is 7.09. The molecule has 12 heteroatoms. The minimum atomic E-state index is -3.96. The summed E-state index contributed by atoms with van der Waals surface area (Å²) in [6.45, 7) is 0. The Balaban J connectivity index is 1.58. The maximum atomic E-state index is 13.5. The molecule has 1 unspecified atom stereocenters. The highest BCUT2D eigenvalue weighted by Gasteiger charge is 2.28. The Kier molecular flexibility index (Phi) is 8.93. The van der Waals surface area contributed by atoms with Crippen LogP contribution in [0.1, 0.15) is 23.0 Å². The van der Waals surface area contributed by atoms with Crippen LogP contribution in [0.25, 0.3) is 5.69 Å². The molecule has 0 saturated heterocycles. The molecule has 0 amide bonds. The van der Waals surface area contributed by atoms with Crippen LogP contribution in [-0.2, 0) is 22.2 Å². The van der Waals surface area contributed by atoms with Crippen molar-refractivity contribution in [3.05, 3.63) is 141 Å². The third-order valence-corrected chi connectivity index (χ3v) is 9.22. The van der Waals surface area contributed by atoms with Crippen LogP contribution in [0.3, 0.4) is 0 Å². The number of hydrogen-bond acceptors (Lipinski definition) is 7. The molecule has 0 spiro atoms. The summed E-state index contributed by atoms with van der Waals surface area (Å²) in [5.41, 5.74) is 2.49. The van der Waals surface area contributed by atoms with Crippen molar-refractivity contribution in [1.82, 2.24) is 19.5 Å². The lowest BCUT2D eigenvalue weighted by Crippen LogP contribution is -2.32. The van der Waals surface area contributed by atoms with E-state index in [2.05, 4.69) is 30.8 Å². The van der Waals surface area contributed by atoms with Crippen molar-refractivity contribution in [2.45, 2.75) is 28.3 Å². The number of halogens is 1. The standard InChI is InChI=1S/C29H24BrN5O4S2/c30-23-11-17-26(18-12-23)41(38,39)33-27(19-21-7-3-1-4-8-21)28-31-32-29(40-20-22-9-5-2-6-10-22)34(28)24-13-15-25(16-14-24)35(36)37/h1-18,27,33H,19-20H2. The number of non-ortho nitro benzene ring substituents is 1. The van der Waals surface area contributed by atoms with E-state index in [0.717, 1.165) is 15.6 Å². The average molecular weight is 651 g/mol.